The second-order valence-electron chi connectivity index (χ2n) is 3.35. The molecule has 1 aliphatic carbocycles. The lowest BCUT2D eigenvalue weighted by Gasteiger charge is -2.04. The van der Waals surface area contributed by atoms with Crippen LogP contribution in [0.3, 0.4) is 0 Å². The summed E-state index contributed by atoms with van der Waals surface area (Å²) in [7, 11) is 0. The second kappa shape index (κ2) is 4.70. The van der Waals surface area contributed by atoms with Gasteiger partial charge in [-0.05, 0) is 25.8 Å². The van der Waals surface area contributed by atoms with Crippen molar-refractivity contribution in [2.45, 2.75) is 20.3 Å². The fraction of sp³-hybridized carbons (Fsp3) is 0.333. The standard InChI is InChI=1S/C12H16O/c1-10(2)13-9-12-6-4-5-11(3)7-8-12/h4,6-8H,1,5,9H2,2-3H3. The molecule has 0 bridgehead atoms. The largest absolute Gasteiger partial charge is 0.494 e. The molecular formula is C12H16O. The lowest BCUT2D eigenvalue weighted by Crippen LogP contribution is -1.93. The van der Waals surface area contributed by atoms with Crippen LogP contribution < -0.4 is 0 Å². The van der Waals surface area contributed by atoms with E-state index < -0.39 is 0 Å². The smallest absolute Gasteiger partial charge is 0.113 e. The molecule has 0 aromatic heterocycles. The monoisotopic (exact) mass is 176 g/mol. The van der Waals surface area contributed by atoms with Gasteiger partial charge in [0.2, 0.25) is 0 Å². The Bertz CT molecular complexity index is 279. The summed E-state index contributed by atoms with van der Waals surface area (Å²) in [6, 6.07) is 0. The van der Waals surface area contributed by atoms with E-state index in [1.807, 2.05) is 6.92 Å². The van der Waals surface area contributed by atoms with Gasteiger partial charge in [-0.2, -0.15) is 0 Å². The first-order valence-electron chi connectivity index (χ1n) is 4.49. The molecule has 0 aliphatic heterocycles. The van der Waals surface area contributed by atoms with Crippen LogP contribution in [0.25, 0.3) is 0 Å². The highest BCUT2D eigenvalue weighted by Gasteiger charge is 1.96. The van der Waals surface area contributed by atoms with E-state index in [0.717, 1.165) is 12.2 Å². The Hall–Kier alpha value is -1.24. The van der Waals surface area contributed by atoms with Crippen LogP contribution in [0.5, 0.6) is 0 Å². The predicted molar refractivity (Wildman–Crippen MR) is 56.4 cm³/mol. The normalized spacial score (nSPS) is 15.8. The predicted octanol–water partition coefficient (Wildman–Crippen LogP) is 3.37. The average Bonchev–Trinajstić information content (AvgIpc) is 2.27. The van der Waals surface area contributed by atoms with E-state index in [-0.39, 0.29) is 0 Å². The van der Waals surface area contributed by atoms with Gasteiger partial charge in [0.05, 0.1) is 5.76 Å². The lowest BCUT2D eigenvalue weighted by molar-refractivity contribution is 0.246. The molecule has 0 heterocycles. The van der Waals surface area contributed by atoms with Crippen molar-refractivity contribution in [3.8, 4) is 0 Å². The Labute approximate surface area is 80.1 Å². The fourth-order valence-electron chi connectivity index (χ4n) is 1.07. The highest BCUT2D eigenvalue weighted by molar-refractivity contribution is 5.30. The average molecular weight is 176 g/mol. The molecule has 1 nitrogen and oxygen atoms in total. The number of hydrogen-bond acceptors (Lipinski definition) is 1. The summed E-state index contributed by atoms with van der Waals surface area (Å²) in [5.41, 5.74) is 2.57. The molecule has 1 aliphatic rings. The Morgan fingerprint density at radius 2 is 2.31 bits per heavy atom. The van der Waals surface area contributed by atoms with Crippen LogP contribution in [-0.4, -0.2) is 6.61 Å². The van der Waals surface area contributed by atoms with Gasteiger partial charge >= 0.3 is 0 Å². The summed E-state index contributed by atoms with van der Waals surface area (Å²) >= 11 is 0. The first kappa shape index (κ1) is 9.85. The highest BCUT2D eigenvalue weighted by Crippen LogP contribution is 2.11. The van der Waals surface area contributed by atoms with E-state index in [1.54, 1.807) is 0 Å². The van der Waals surface area contributed by atoms with Crippen molar-refractivity contribution in [1.29, 1.82) is 0 Å². The van der Waals surface area contributed by atoms with Crippen molar-refractivity contribution >= 4 is 0 Å². The van der Waals surface area contributed by atoms with Crippen molar-refractivity contribution in [2.75, 3.05) is 6.61 Å². The first-order chi connectivity index (χ1) is 6.18. The summed E-state index contributed by atoms with van der Waals surface area (Å²) in [5.74, 6) is 0.763. The van der Waals surface area contributed by atoms with E-state index in [4.69, 9.17) is 4.74 Å². The van der Waals surface area contributed by atoms with E-state index in [0.29, 0.717) is 6.61 Å². The van der Waals surface area contributed by atoms with Gasteiger partial charge in [0.15, 0.2) is 0 Å². The van der Waals surface area contributed by atoms with Gasteiger partial charge in [-0.25, -0.2) is 0 Å². The Balaban J connectivity index is 2.54. The number of rotatable bonds is 3. The van der Waals surface area contributed by atoms with Gasteiger partial charge in [-0.3, -0.25) is 0 Å². The maximum Gasteiger partial charge on any atom is 0.113 e. The van der Waals surface area contributed by atoms with Gasteiger partial charge < -0.3 is 4.74 Å². The zero-order valence-electron chi connectivity index (χ0n) is 8.34. The maximum absolute atomic E-state index is 5.33. The molecule has 0 radical (unpaired) electrons. The molecule has 0 fully saturated rings. The van der Waals surface area contributed by atoms with Gasteiger partial charge in [0.25, 0.3) is 0 Å². The summed E-state index contributed by atoms with van der Waals surface area (Å²) in [4.78, 5) is 0. The molecule has 0 atom stereocenters. The minimum Gasteiger partial charge on any atom is -0.494 e. The SMILES string of the molecule is C=C(C)OCC1=CC=C(C)CC=C1. The zero-order valence-corrected chi connectivity index (χ0v) is 8.34. The number of ether oxygens (including phenoxy) is 1. The molecule has 0 amide bonds. The van der Waals surface area contributed by atoms with Crippen molar-refractivity contribution in [3.63, 3.8) is 0 Å². The van der Waals surface area contributed by atoms with Crippen molar-refractivity contribution in [3.05, 3.63) is 47.8 Å². The summed E-state index contributed by atoms with van der Waals surface area (Å²) in [6.07, 6.45) is 9.54. The van der Waals surface area contributed by atoms with E-state index >= 15 is 0 Å². The molecule has 0 aromatic carbocycles. The molecular weight excluding hydrogens is 160 g/mol. The molecule has 70 valence electrons. The van der Waals surface area contributed by atoms with E-state index in [9.17, 15) is 0 Å². The number of allylic oxidation sites excluding steroid dienone is 5. The van der Waals surface area contributed by atoms with Crippen LogP contribution in [0.1, 0.15) is 20.3 Å². The van der Waals surface area contributed by atoms with Crippen molar-refractivity contribution in [1.82, 2.24) is 0 Å². The third kappa shape index (κ3) is 3.79. The quantitative estimate of drug-likeness (QED) is 0.599. The maximum atomic E-state index is 5.33. The highest BCUT2D eigenvalue weighted by atomic mass is 16.5. The molecule has 0 N–H and O–H groups in total. The van der Waals surface area contributed by atoms with Crippen LogP contribution in [-0.2, 0) is 4.74 Å². The molecule has 0 unspecified atom stereocenters. The van der Waals surface area contributed by atoms with Gasteiger partial charge in [0, 0.05) is 0 Å². The molecule has 0 aromatic rings. The van der Waals surface area contributed by atoms with Gasteiger partial charge in [-0.15, -0.1) is 0 Å². The zero-order chi connectivity index (χ0) is 9.68. The molecule has 13 heavy (non-hydrogen) atoms. The molecule has 0 spiro atoms. The molecule has 0 saturated heterocycles. The van der Waals surface area contributed by atoms with Crippen molar-refractivity contribution in [2.24, 2.45) is 0 Å². The molecule has 0 saturated carbocycles. The van der Waals surface area contributed by atoms with Crippen LogP contribution >= 0.6 is 0 Å². The van der Waals surface area contributed by atoms with Gasteiger partial charge in [0.1, 0.15) is 6.61 Å². The van der Waals surface area contributed by atoms with Crippen LogP contribution in [0.15, 0.2) is 47.8 Å². The van der Waals surface area contributed by atoms with E-state index in [1.165, 1.54) is 11.1 Å². The fourth-order valence-corrected chi connectivity index (χ4v) is 1.07. The minimum atomic E-state index is 0.621. The summed E-state index contributed by atoms with van der Waals surface area (Å²) < 4.78 is 5.33. The molecule has 1 heteroatoms. The van der Waals surface area contributed by atoms with Crippen molar-refractivity contribution < 1.29 is 4.74 Å². The van der Waals surface area contributed by atoms with E-state index in [2.05, 4.69) is 37.8 Å². The third-order valence-electron chi connectivity index (χ3n) is 1.84. The number of hydrogen-bond donors (Lipinski definition) is 0. The third-order valence-corrected chi connectivity index (χ3v) is 1.84. The Morgan fingerprint density at radius 1 is 1.54 bits per heavy atom. The summed E-state index contributed by atoms with van der Waals surface area (Å²) in [6.45, 7) is 8.30. The Kier molecular flexibility index (Phi) is 3.56. The second-order valence-corrected chi connectivity index (χ2v) is 3.35. The topological polar surface area (TPSA) is 9.23 Å². The minimum absolute atomic E-state index is 0.621. The Morgan fingerprint density at radius 3 is 3.00 bits per heavy atom. The van der Waals surface area contributed by atoms with Crippen LogP contribution in [0.4, 0.5) is 0 Å². The van der Waals surface area contributed by atoms with Crippen LogP contribution in [0.2, 0.25) is 0 Å². The van der Waals surface area contributed by atoms with Crippen LogP contribution in [0, 0.1) is 0 Å². The lowest BCUT2D eigenvalue weighted by atomic mass is 10.2. The molecule has 1 rings (SSSR count). The summed E-state index contributed by atoms with van der Waals surface area (Å²) in [5, 5.41) is 0. The van der Waals surface area contributed by atoms with Gasteiger partial charge in [-0.1, -0.05) is 36.5 Å². The first-order valence-corrected chi connectivity index (χ1v) is 4.49.